The highest BCUT2D eigenvalue weighted by Crippen LogP contribution is 2.41. The molecule has 0 fully saturated rings. The van der Waals surface area contributed by atoms with Crippen LogP contribution < -0.4 is 14.2 Å². The highest BCUT2D eigenvalue weighted by Gasteiger charge is 2.34. The molecule has 6 rings (SSSR count). The van der Waals surface area contributed by atoms with Crippen molar-refractivity contribution in [1.29, 1.82) is 0 Å². The second-order valence-corrected chi connectivity index (χ2v) is 10.3. The summed E-state index contributed by atoms with van der Waals surface area (Å²) in [5.74, 6) is 2.44. The van der Waals surface area contributed by atoms with E-state index < -0.39 is 0 Å². The average molecular weight is 564 g/mol. The first kappa shape index (κ1) is 28.5. The second kappa shape index (κ2) is 12.6. The number of benzene rings is 2. The van der Waals surface area contributed by atoms with Gasteiger partial charge < -0.3 is 33.3 Å². The summed E-state index contributed by atoms with van der Waals surface area (Å²) in [4.78, 5) is 30.9. The SMILES string of the molecule is COc1cc2c(cc1OC)C1c3ccc(cc3)OCCOCCN(C(=O)CCc3c(C)noc3C)CC(=O)N1CC2. The molecular weight excluding hydrogens is 526 g/mol. The Morgan fingerprint density at radius 1 is 1.02 bits per heavy atom. The summed E-state index contributed by atoms with van der Waals surface area (Å²) in [6.07, 6.45) is 1.39. The summed E-state index contributed by atoms with van der Waals surface area (Å²) in [5.41, 5.74) is 4.72. The summed E-state index contributed by atoms with van der Waals surface area (Å²) < 4.78 is 28.0. The minimum atomic E-state index is -0.360. The first-order chi connectivity index (χ1) is 19.9. The van der Waals surface area contributed by atoms with Gasteiger partial charge in [-0.3, -0.25) is 9.59 Å². The number of fused-ring (bicyclic) bond motifs is 11. The fourth-order valence-corrected chi connectivity index (χ4v) is 5.61. The van der Waals surface area contributed by atoms with E-state index in [0.717, 1.165) is 33.7 Å². The van der Waals surface area contributed by atoms with Crippen LogP contribution in [0.25, 0.3) is 0 Å². The standard InChI is InChI=1S/C31H37N3O7/c1-20-25(21(2)41-32-20)9-10-29(35)33-13-14-39-15-16-40-24-7-5-22(6-8-24)31-26-18-28(38-4)27(37-3)17-23(26)11-12-34(31)30(36)19-33/h5-8,17-18,31H,9-16,19H2,1-4H3. The molecule has 3 aromatic rings. The van der Waals surface area contributed by atoms with Gasteiger partial charge in [-0.15, -0.1) is 0 Å². The highest BCUT2D eigenvalue weighted by atomic mass is 16.5. The van der Waals surface area contributed by atoms with Crippen LogP contribution in [0.4, 0.5) is 0 Å². The lowest BCUT2D eigenvalue weighted by Gasteiger charge is -2.39. The van der Waals surface area contributed by atoms with Crippen LogP contribution in [0.3, 0.4) is 0 Å². The second-order valence-electron chi connectivity index (χ2n) is 10.3. The number of carbonyl (C=O) groups excluding carboxylic acids is 2. The maximum atomic E-state index is 14.0. The number of methoxy groups -OCH3 is 2. The Morgan fingerprint density at radius 3 is 2.49 bits per heavy atom. The monoisotopic (exact) mass is 563 g/mol. The normalized spacial score (nSPS) is 17.7. The van der Waals surface area contributed by atoms with Crippen molar-refractivity contribution in [2.24, 2.45) is 0 Å². The quantitative estimate of drug-likeness (QED) is 0.434. The van der Waals surface area contributed by atoms with E-state index >= 15 is 0 Å². The zero-order chi connectivity index (χ0) is 28.9. The Balaban J connectivity index is 1.46. The maximum Gasteiger partial charge on any atom is 0.242 e. The first-order valence-electron chi connectivity index (χ1n) is 13.9. The molecule has 218 valence electrons. The smallest absolute Gasteiger partial charge is 0.242 e. The summed E-state index contributed by atoms with van der Waals surface area (Å²) in [6.45, 7) is 5.53. The van der Waals surface area contributed by atoms with Crippen LogP contribution in [-0.4, -0.2) is 80.4 Å². The third-order valence-electron chi connectivity index (χ3n) is 7.84. The Hall–Kier alpha value is -4.05. The molecule has 2 aromatic carbocycles. The third kappa shape index (κ3) is 6.17. The van der Waals surface area contributed by atoms with Crippen molar-refractivity contribution in [2.45, 2.75) is 39.2 Å². The van der Waals surface area contributed by atoms with Crippen molar-refractivity contribution in [1.82, 2.24) is 15.0 Å². The van der Waals surface area contributed by atoms with Crippen molar-refractivity contribution in [3.05, 3.63) is 70.1 Å². The van der Waals surface area contributed by atoms with Crippen molar-refractivity contribution >= 4 is 11.8 Å². The Morgan fingerprint density at radius 2 is 1.78 bits per heavy atom. The zero-order valence-corrected chi connectivity index (χ0v) is 24.1. The molecule has 2 bridgehead atoms. The van der Waals surface area contributed by atoms with E-state index in [2.05, 4.69) is 5.16 Å². The Bertz CT molecular complexity index is 1370. The lowest BCUT2D eigenvalue weighted by Crippen LogP contribution is -2.47. The molecule has 0 N–H and O–H groups in total. The van der Waals surface area contributed by atoms with Gasteiger partial charge in [0, 0.05) is 25.1 Å². The fraction of sp³-hybridized carbons (Fsp3) is 0.452. The molecule has 3 aliphatic heterocycles. The van der Waals surface area contributed by atoms with Crippen LogP contribution in [0.2, 0.25) is 0 Å². The van der Waals surface area contributed by atoms with Crippen molar-refractivity contribution in [2.75, 3.05) is 53.7 Å². The van der Waals surface area contributed by atoms with Gasteiger partial charge in [0.1, 0.15) is 18.1 Å². The van der Waals surface area contributed by atoms with E-state index in [4.69, 9.17) is 23.5 Å². The summed E-state index contributed by atoms with van der Waals surface area (Å²) in [5, 5.41) is 3.99. The summed E-state index contributed by atoms with van der Waals surface area (Å²) in [6, 6.07) is 11.4. The summed E-state index contributed by atoms with van der Waals surface area (Å²) in [7, 11) is 3.22. The number of ether oxygens (including phenoxy) is 4. The van der Waals surface area contributed by atoms with Gasteiger partial charge in [-0.05, 0) is 67.6 Å². The zero-order valence-electron chi connectivity index (χ0n) is 24.1. The number of hydrogen-bond acceptors (Lipinski definition) is 8. The number of rotatable bonds is 5. The molecule has 0 spiro atoms. The molecule has 4 heterocycles. The molecule has 0 aliphatic carbocycles. The summed E-state index contributed by atoms with van der Waals surface area (Å²) >= 11 is 0. The molecule has 41 heavy (non-hydrogen) atoms. The van der Waals surface area contributed by atoms with E-state index in [9.17, 15) is 9.59 Å². The van der Waals surface area contributed by atoms with Gasteiger partial charge in [0.15, 0.2) is 11.5 Å². The Labute approximate surface area is 240 Å². The van der Waals surface area contributed by atoms with E-state index in [1.165, 1.54) is 0 Å². The predicted octanol–water partition coefficient (Wildman–Crippen LogP) is 3.65. The van der Waals surface area contributed by atoms with Gasteiger partial charge in [0.05, 0.1) is 45.7 Å². The molecule has 3 aliphatic rings. The average Bonchev–Trinajstić information content (AvgIpc) is 3.31. The minimum Gasteiger partial charge on any atom is -0.493 e. The minimum absolute atomic E-state index is 0.0441. The Kier molecular flexibility index (Phi) is 8.78. The number of nitrogens with zero attached hydrogens (tertiary/aromatic N) is 3. The molecule has 2 amide bonds. The van der Waals surface area contributed by atoms with Crippen molar-refractivity contribution in [3.8, 4) is 17.2 Å². The molecule has 1 aromatic heterocycles. The molecule has 10 heteroatoms. The van der Waals surface area contributed by atoms with Gasteiger partial charge in [-0.1, -0.05) is 17.3 Å². The molecule has 0 saturated heterocycles. The number of aryl methyl sites for hydroxylation is 2. The largest absolute Gasteiger partial charge is 0.493 e. The molecule has 1 atom stereocenters. The van der Waals surface area contributed by atoms with Gasteiger partial charge in [0.2, 0.25) is 11.8 Å². The molecule has 0 radical (unpaired) electrons. The topological polar surface area (TPSA) is 104 Å². The third-order valence-corrected chi connectivity index (χ3v) is 7.84. The van der Waals surface area contributed by atoms with Gasteiger partial charge in [0.25, 0.3) is 0 Å². The first-order valence-corrected chi connectivity index (χ1v) is 13.9. The number of aromatic nitrogens is 1. The van der Waals surface area contributed by atoms with Gasteiger partial charge in [-0.2, -0.15) is 0 Å². The van der Waals surface area contributed by atoms with Gasteiger partial charge in [-0.25, -0.2) is 0 Å². The predicted molar refractivity (Wildman–Crippen MR) is 150 cm³/mol. The van der Waals surface area contributed by atoms with Crippen LogP contribution in [-0.2, 0) is 27.2 Å². The lowest BCUT2D eigenvalue weighted by atomic mass is 9.87. The van der Waals surface area contributed by atoms with Gasteiger partial charge >= 0.3 is 0 Å². The van der Waals surface area contributed by atoms with Crippen molar-refractivity contribution < 1.29 is 33.1 Å². The molecule has 1 unspecified atom stereocenters. The number of amides is 2. The van der Waals surface area contributed by atoms with E-state index in [1.54, 1.807) is 19.1 Å². The van der Waals surface area contributed by atoms with E-state index in [-0.39, 0.29) is 30.8 Å². The number of carbonyl (C=O) groups is 2. The molecule has 10 nitrogen and oxygen atoms in total. The van der Waals surface area contributed by atoms with Crippen LogP contribution in [0.1, 0.15) is 46.2 Å². The van der Waals surface area contributed by atoms with Crippen LogP contribution >= 0.6 is 0 Å². The highest BCUT2D eigenvalue weighted by molar-refractivity contribution is 5.86. The molecular formula is C31H37N3O7. The van der Waals surface area contributed by atoms with Crippen molar-refractivity contribution in [3.63, 3.8) is 0 Å². The van der Waals surface area contributed by atoms with E-state index in [0.29, 0.717) is 63.0 Å². The fourth-order valence-electron chi connectivity index (χ4n) is 5.61. The van der Waals surface area contributed by atoms with Crippen LogP contribution in [0.5, 0.6) is 17.2 Å². The van der Waals surface area contributed by atoms with Crippen LogP contribution in [0, 0.1) is 13.8 Å². The molecule has 0 saturated carbocycles. The number of hydrogen-bond donors (Lipinski definition) is 0. The van der Waals surface area contributed by atoms with E-state index in [1.807, 2.05) is 55.1 Å². The van der Waals surface area contributed by atoms with Crippen LogP contribution in [0.15, 0.2) is 40.9 Å². The maximum absolute atomic E-state index is 14.0. The lowest BCUT2D eigenvalue weighted by molar-refractivity contribution is -0.142.